The predicted octanol–water partition coefficient (Wildman–Crippen LogP) is 2.97. The van der Waals surface area contributed by atoms with Gasteiger partial charge in [0.2, 0.25) is 0 Å². The number of hydrogen-bond donors (Lipinski definition) is 1. The van der Waals surface area contributed by atoms with E-state index in [2.05, 4.69) is 6.92 Å². The van der Waals surface area contributed by atoms with Crippen LogP contribution in [0.2, 0.25) is 0 Å². The van der Waals surface area contributed by atoms with E-state index in [0.29, 0.717) is 0 Å². The first-order valence-electron chi connectivity index (χ1n) is 5.83. The topological polar surface area (TPSA) is 20.2 Å². The summed E-state index contributed by atoms with van der Waals surface area (Å²) in [5, 5.41) is 10.0. The lowest BCUT2D eigenvalue weighted by Gasteiger charge is -2.30. The maximum atomic E-state index is 10.0. The van der Waals surface area contributed by atoms with Crippen LogP contribution in [-0.4, -0.2) is 10.7 Å². The smallest absolute Gasteiger partial charge is 0.0619 e. The highest BCUT2D eigenvalue weighted by molar-refractivity contribution is 4.92. The fraction of sp³-hybridized carbons (Fsp3) is 1.00. The summed E-state index contributed by atoms with van der Waals surface area (Å²) in [7, 11) is 0. The largest absolute Gasteiger partial charge is 0.390 e. The number of fused-ring (bicyclic) bond motifs is 2. The van der Waals surface area contributed by atoms with Crippen LogP contribution < -0.4 is 0 Å². The van der Waals surface area contributed by atoms with E-state index < -0.39 is 5.60 Å². The highest BCUT2D eigenvalue weighted by Gasteiger charge is 2.41. The van der Waals surface area contributed by atoms with Gasteiger partial charge in [-0.3, -0.25) is 0 Å². The highest BCUT2D eigenvalue weighted by atomic mass is 16.3. The molecule has 2 bridgehead atoms. The van der Waals surface area contributed by atoms with E-state index in [1.807, 2.05) is 6.92 Å². The molecule has 2 saturated carbocycles. The van der Waals surface area contributed by atoms with E-state index in [0.717, 1.165) is 30.6 Å². The molecule has 2 aliphatic rings. The first-order valence-corrected chi connectivity index (χ1v) is 5.83. The van der Waals surface area contributed by atoms with Crippen LogP contribution in [0.25, 0.3) is 0 Å². The third kappa shape index (κ3) is 1.90. The van der Waals surface area contributed by atoms with Gasteiger partial charge in [0.25, 0.3) is 0 Å². The lowest BCUT2D eigenvalue weighted by atomic mass is 9.80. The van der Waals surface area contributed by atoms with Crippen LogP contribution >= 0.6 is 0 Å². The van der Waals surface area contributed by atoms with Crippen LogP contribution in [0.3, 0.4) is 0 Å². The molecule has 0 aliphatic heterocycles. The second-order valence-electron chi connectivity index (χ2n) is 5.49. The Morgan fingerprint density at radius 3 is 2.54 bits per heavy atom. The Morgan fingerprint density at radius 1 is 1.31 bits per heavy atom. The highest BCUT2D eigenvalue weighted by Crippen LogP contribution is 2.50. The van der Waals surface area contributed by atoms with Crippen molar-refractivity contribution < 1.29 is 5.11 Å². The van der Waals surface area contributed by atoms with Gasteiger partial charge in [-0.25, -0.2) is 0 Å². The Labute approximate surface area is 81.5 Å². The van der Waals surface area contributed by atoms with Gasteiger partial charge < -0.3 is 5.11 Å². The molecule has 2 rings (SSSR count). The van der Waals surface area contributed by atoms with Crippen molar-refractivity contribution in [3.05, 3.63) is 0 Å². The summed E-state index contributed by atoms with van der Waals surface area (Å²) in [4.78, 5) is 0. The normalized spacial score (nSPS) is 42.2. The molecule has 1 nitrogen and oxygen atoms in total. The second kappa shape index (κ2) is 3.27. The van der Waals surface area contributed by atoms with Crippen LogP contribution in [0.1, 0.15) is 52.4 Å². The fourth-order valence-corrected chi connectivity index (χ4v) is 3.34. The zero-order valence-electron chi connectivity index (χ0n) is 8.92. The number of hydrogen-bond acceptors (Lipinski definition) is 1. The van der Waals surface area contributed by atoms with Crippen molar-refractivity contribution in [3.8, 4) is 0 Å². The molecule has 0 radical (unpaired) electrons. The van der Waals surface area contributed by atoms with Gasteiger partial charge in [0.15, 0.2) is 0 Å². The van der Waals surface area contributed by atoms with Gasteiger partial charge in [0.05, 0.1) is 5.60 Å². The van der Waals surface area contributed by atoms with Gasteiger partial charge in [-0.2, -0.15) is 0 Å². The molecule has 0 aromatic heterocycles. The summed E-state index contributed by atoms with van der Waals surface area (Å²) in [5.74, 6) is 2.82. The van der Waals surface area contributed by atoms with Crippen LogP contribution in [0.5, 0.6) is 0 Å². The van der Waals surface area contributed by atoms with E-state index >= 15 is 0 Å². The summed E-state index contributed by atoms with van der Waals surface area (Å²) < 4.78 is 0. The van der Waals surface area contributed by atoms with Gasteiger partial charge in [-0.05, 0) is 56.8 Å². The van der Waals surface area contributed by atoms with Gasteiger partial charge in [0.1, 0.15) is 0 Å². The van der Waals surface area contributed by atoms with Gasteiger partial charge >= 0.3 is 0 Å². The average Bonchev–Trinajstić information content (AvgIpc) is 2.64. The molecule has 4 atom stereocenters. The SMILES string of the molecule is CCC(C)(O)CC1CC2CCC1C2. The van der Waals surface area contributed by atoms with E-state index in [-0.39, 0.29) is 0 Å². The van der Waals surface area contributed by atoms with E-state index in [1.54, 1.807) is 0 Å². The monoisotopic (exact) mass is 182 g/mol. The van der Waals surface area contributed by atoms with Gasteiger partial charge in [0, 0.05) is 0 Å². The molecule has 0 saturated heterocycles. The summed E-state index contributed by atoms with van der Waals surface area (Å²) in [6.45, 7) is 4.09. The third-order valence-electron chi connectivity index (χ3n) is 4.35. The fourth-order valence-electron chi connectivity index (χ4n) is 3.34. The maximum Gasteiger partial charge on any atom is 0.0619 e. The molecule has 0 spiro atoms. The molecular formula is C12H22O. The molecule has 1 N–H and O–H groups in total. The lowest BCUT2D eigenvalue weighted by molar-refractivity contribution is 0.0209. The van der Waals surface area contributed by atoms with Crippen molar-refractivity contribution in [3.63, 3.8) is 0 Å². The minimum absolute atomic E-state index is 0.394. The summed E-state index contributed by atoms with van der Waals surface area (Å²) in [5.41, 5.74) is -0.394. The first kappa shape index (κ1) is 9.51. The van der Waals surface area contributed by atoms with Crippen molar-refractivity contribution in [1.29, 1.82) is 0 Å². The van der Waals surface area contributed by atoms with Crippen molar-refractivity contribution in [2.24, 2.45) is 17.8 Å². The van der Waals surface area contributed by atoms with E-state index in [4.69, 9.17) is 0 Å². The molecule has 4 unspecified atom stereocenters. The number of rotatable bonds is 3. The van der Waals surface area contributed by atoms with Crippen LogP contribution in [-0.2, 0) is 0 Å². The van der Waals surface area contributed by atoms with Crippen LogP contribution in [0, 0.1) is 17.8 Å². The molecule has 13 heavy (non-hydrogen) atoms. The van der Waals surface area contributed by atoms with Crippen LogP contribution in [0.15, 0.2) is 0 Å². The quantitative estimate of drug-likeness (QED) is 0.711. The Kier molecular flexibility index (Phi) is 2.39. The molecule has 0 aromatic rings. The molecule has 2 aliphatic carbocycles. The van der Waals surface area contributed by atoms with E-state index in [9.17, 15) is 5.11 Å². The molecule has 0 heterocycles. The Hall–Kier alpha value is -0.0400. The molecular weight excluding hydrogens is 160 g/mol. The Balaban J connectivity index is 1.89. The maximum absolute atomic E-state index is 10.0. The molecule has 0 aromatic carbocycles. The van der Waals surface area contributed by atoms with Crippen molar-refractivity contribution in [2.75, 3.05) is 0 Å². The third-order valence-corrected chi connectivity index (χ3v) is 4.35. The minimum atomic E-state index is -0.394. The molecule has 2 fully saturated rings. The van der Waals surface area contributed by atoms with Crippen molar-refractivity contribution >= 4 is 0 Å². The molecule has 0 amide bonds. The summed E-state index contributed by atoms with van der Waals surface area (Å²) >= 11 is 0. The zero-order chi connectivity index (χ0) is 9.47. The minimum Gasteiger partial charge on any atom is -0.390 e. The molecule has 1 heteroatoms. The lowest BCUT2D eigenvalue weighted by Crippen LogP contribution is -2.28. The van der Waals surface area contributed by atoms with Crippen LogP contribution in [0.4, 0.5) is 0 Å². The van der Waals surface area contributed by atoms with Gasteiger partial charge in [-0.1, -0.05) is 13.3 Å². The van der Waals surface area contributed by atoms with E-state index in [1.165, 1.54) is 25.7 Å². The summed E-state index contributed by atoms with van der Waals surface area (Å²) in [6, 6.07) is 0. The van der Waals surface area contributed by atoms with Crippen molar-refractivity contribution in [1.82, 2.24) is 0 Å². The zero-order valence-corrected chi connectivity index (χ0v) is 8.92. The first-order chi connectivity index (χ1) is 6.11. The van der Waals surface area contributed by atoms with Gasteiger partial charge in [-0.15, -0.1) is 0 Å². The average molecular weight is 182 g/mol. The molecule has 76 valence electrons. The second-order valence-corrected chi connectivity index (χ2v) is 5.49. The van der Waals surface area contributed by atoms with Crippen molar-refractivity contribution in [2.45, 2.75) is 58.0 Å². The summed E-state index contributed by atoms with van der Waals surface area (Å²) in [6.07, 6.45) is 7.72. The predicted molar refractivity (Wildman–Crippen MR) is 54.5 cm³/mol. The Bertz CT molecular complexity index is 186. The number of aliphatic hydroxyl groups is 1. The Morgan fingerprint density at radius 2 is 2.08 bits per heavy atom. The standard InChI is InChI=1S/C12H22O/c1-3-12(2,13)8-11-7-9-4-5-10(11)6-9/h9-11,13H,3-8H2,1-2H3.